The number of likely N-dealkylation sites (tertiary alicyclic amines) is 2. The molecule has 0 bridgehead atoms. The van der Waals surface area contributed by atoms with Gasteiger partial charge in [0.15, 0.2) is 0 Å². The van der Waals surface area contributed by atoms with Crippen molar-refractivity contribution in [3.05, 3.63) is 12.2 Å². The lowest BCUT2D eigenvalue weighted by Crippen LogP contribution is -2.48. The molecular weight excluding hydrogens is 276 g/mol. The Morgan fingerprint density at radius 1 is 1.05 bits per heavy atom. The second kappa shape index (κ2) is 7.52. The summed E-state index contributed by atoms with van der Waals surface area (Å²) in [6.07, 6.45) is 6.73. The lowest BCUT2D eigenvalue weighted by Gasteiger charge is -2.47. The standard InChI is InChI=1S/C18H34N2S/c1-15(2)16(3)5-10-19-11-6-18(7-12-19)8-13-20(14-9-18)17(4)21/h15,17,21H,3,5-14H2,1-2,4H3. The fourth-order valence-electron chi connectivity index (χ4n) is 3.71. The summed E-state index contributed by atoms with van der Waals surface area (Å²) in [6.45, 7) is 17.2. The van der Waals surface area contributed by atoms with Gasteiger partial charge in [0.2, 0.25) is 0 Å². The van der Waals surface area contributed by atoms with E-state index < -0.39 is 0 Å². The van der Waals surface area contributed by atoms with E-state index in [0.29, 0.717) is 16.7 Å². The first-order valence-electron chi connectivity index (χ1n) is 8.74. The average Bonchev–Trinajstić information content (AvgIpc) is 2.47. The van der Waals surface area contributed by atoms with Crippen molar-refractivity contribution in [2.45, 2.75) is 58.2 Å². The van der Waals surface area contributed by atoms with Crippen LogP contribution in [0, 0.1) is 11.3 Å². The van der Waals surface area contributed by atoms with E-state index in [1.165, 1.54) is 70.4 Å². The van der Waals surface area contributed by atoms with Crippen molar-refractivity contribution in [2.75, 3.05) is 32.7 Å². The lowest BCUT2D eigenvalue weighted by atomic mass is 9.71. The van der Waals surface area contributed by atoms with Gasteiger partial charge in [-0.1, -0.05) is 26.0 Å². The van der Waals surface area contributed by atoms with Gasteiger partial charge in [0.05, 0.1) is 0 Å². The minimum atomic E-state index is 0.421. The third-order valence-corrected chi connectivity index (χ3v) is 6.20. The van der Waals surface area contributed by atoms with Gasteiger partial charge >= 0.3 is 0 Å². The molecule has 0 aromatic heterocycles. The molecule has 2 nitrogen and oxygen atoms in total. The maximum atomic E-state index is 4.58. The van der Waals surface area contributed by atoms with E-state index in [2.05, 4.69) is 49.8 Å². The van der Waals surface area contributed by atoms with Crippen molar-refractivity contribution in [3.8, 4) is 0 Å². The fourth-order valence-corrected chi connectivity index (χ4v) is 3.94. The van der Waals surface area contributed by atoms with Crippen molar-refractivity contribution in [1.29, 1.82) is 0 Å². The highest BCUT2D eigenvalue weighted by molar-refractivity contribution is 7.80. The van der Waals surface area contributed by atoms with Gasteiger partial charge in [0.25, 0.3) is 0 Å². The van der Waals surface area contributed by atoms with Gasteiger partial charge < -0.3 is 4.90 Å². The molecular formula is C18H34N2S. The van der Waals surface area contributed by atoms with Crippen molar-refractivity contribution in [3.63, 3.8) is 0 Å². The van der Waals surface area contributed by atoms with Gasteiger partial charge in [-0.15, -0.1) is 0 Å². The maximum Gasteiger partial charge on any atom is 0.0499 e. The number of hydrogen-bond donors (Lipinski definition) is 1. The van der Waals surface area contributed by atoms with Crippen molar-refractivity contribution >= 4 is 12.6 Å². The third-order valence-electron chi connectivity index (χ3n) is 5.87. The Balaban J connectivity index is 1.72. The zero-order valence-corrected chi connectivity index (χ0v) is 15.2. The summed E-state index contributed by atoms with van der Waals surface area (Å²) in [7, 11) is 0. The second-order valence-electron chi connectivity index (χ2n) is 7.57. The Labute approximate surface area is 137 Å². The molecule has 2 aliphatic rings. The summed E-state index contributed by atoms with van der Waals surface area (Å²) in [6, 6.07) is 0. The van der Waals surface area contributed by atoms with E-state index in [0.717, 1.165) is 0 Å². The average molecular weight is 311 g/mol. The molecule has 0 radical (unpaired) electrons. The van der Waals surface area contributed by atoms with Gasteiger partial charge in [0, 0.05) is 11.9 Å². The maximum absolute atomic E-state index is 4.58. The Kier molecular flexibility index (Phi) is 6.22. The molecule has 1 spiro atoms. The zero-order valence-electron chi connectivity index (χ0n) is 14.3. The molecule has 0 aromatic carbocycles. The highest BCUT2D eigenvalue weighted by atomic mass is 32.1. The van der Waals surface area contributed by atoms with Crippen molar-refractivity contribution < 1.29 is 0 Å². The molecule has 2 aliphatic heterocycles. The van der Waals surface area contributed by atoms with Crippen LogP contribution in [0.2, 0.25) is 0 Å². The Hall–Kier alpha value is 0.0100. The fraction of sp³-hybridized carbons (Fsp3) is 0.889. The number of rotatable bonds is 5. The van der Waals surface area contributed by atoms with Crippen LogP contribution >= 0.6 is 12.6 Å². The first kappa shape index (κ1) is 17.4. The smallest absolute Gasteiger partial charge is 0.0499 e. The Morgan fingerprint density at radius 3 is 2.05 bits per heavy atom. The van der Waals surface area contributed by atoms with Crippen LogP contribution in [0.25, 0.3) is 0 Å². The molecule has 122 valence electrons. The summed E-state index contributed by atoms with van der Waals surface area (Å²) in [5, 5.41) is 0.421. The van der Waals surface area contributed by atoms with E-state index in [4.69, 9.17) is 0 Å². The molecule has 0 aromatic rings. The van der Waals surface area contributed by atoms with E-state index in [1.54, 1.807) is 0 Å². The second-order valence-corrected chi connectivity index (χ2v) is 8.32. The Bertz CT molecular complexity index is 333. The first-order valence-corrected chi connectivity index (χ1v) is 9.26. The molecule has 0 amide bonds. The number of nitrogens with zero attached hydrogens (tertiary/aromatic N) is 2. The summed E-state index contributed by atoms with van der Waals surface area (Å²) in [5.41, 5.74) is 2.05. The molecule has 21 heavy (non-hydrogen) atoms. The largest absolute Gasteiger partial charge is 0.303 e. The van der Waals surface area contributed by atoms with E-state index >= 15 is 0 Å². The highest BCUT2D eigenvalue weighted by Gasteiger charge is 2.37. The van der Waals surface area contributed by atoms with Gasteiger partial charge in [0.1, 0.15) is 0 Å². The molecule has 2 heterocycles. The summed E-state index contributed by atoms with van der Waals surface area (Å²) >= 11 is 4.58. The van der Waals surface area contributed by atoms with E-state index in [-0.39, 0.29) is 0 Å². The Morgan fingerprint density at radius 2 is 1.57 bits per heavy atom. The van der Waals surface area contributed by atoms with Crippen LogP contribution in [0.5, 0.6) is 0 Å². The monoisotopic (exact) mass is 310 g/mol. The van der Waals surface area contributed by atoms with Crippen molar-refractivity contribution in [1.82, 2.24) is 9.80 Å². The van der Waals surface area contributed by atoms with Gasteiger partial charge in [-0.05, 0) is 76.5 Å². The predicted molar refractivity (Wildman–Crippen MR) is 96.0 cm³/mol. The van der Waals surface area contributed by atoms with Gasteiger partial charge in [-0.3, -0.25) is 4.90 Å². The van der Waals surface area contributed by atoms with E-state index in [9.17, 15) is 0 Å². The topological polar surface area (TPSA) is 6.48 Å². The lowest BCUT2D eigenvalue weighted by molar-refractivity contribution is 0.0335. The van der Waals surface area contributed by atoms with Crippen LogP contribution in [-0.4, -0.2) is 47.9 Å². The molecule has 2 fully saturated rings. The molecule has 2 saturated heterocycles. The molecule has 0 N–H and O–H groups in total. The van der Waals surface area contributed by atoms with Crippen molar-refractivity contribution in [2.24, 2.45) is 11.3 Å². The molecule has 2 rings (SSSR count). The zero-order chi connectivity index (χ0) is 15.5. The first-order chi connectivity index (χ1) is 9.92. The highest BCUT2D eigenvalue weighted by Crippen LogP contribution is 2.41. The summed E-state index contributed by atoms with van der Waals surface area (Å²) in [5.74, 6) is 0.633. The summed E-state index contributed by atoms with van der Waals surface area (Å²) in [4.78, 5) is 5.18. The normalized spacial score (nSPS) is 25.4. The molecule has 1 atom stereocenters. The SMILES string of the molecule is C=C(CCN1CCC2(CC1)CCN(C(C)S)CC2)C(C)C. The number of hydrogen-bond acceptors (Lipinski definition) is 3. The quantitative estimate of drug-likeness (QED) is 0.605. The number of piperidine rings is 2. The molecule has 0 aliphatic carbocycles. The van der Waals surface area contributed by atoms with E-state index in [1.807, 2.05) is 0 Å². The minimum Gasteiger partial charge on any atom is -0.303 e. The number of thiol groups is 1. The molecule has 0 saturated carbocycles. The van der Waals surface area contributed by atoms with Crippen LogP contribution in [-0.2, 0) is 0 Å². The van der Waals surface area contributed by atoms with Gasteiger partial charge in [-0.2, -0.15) is 12.6 Å². The van der Waals surface area contributed by atoms with Gasteiger partial charge in [-0.25, -0.2) is 0 Å². The molecule has 3 heteroatoms. The van der Waals surface area contributed by atoms with Crippen LogP contribution in [0.4, 0.5) is 0 Å². The van der Waals surface area contributed by atoms with Crippen LogP contribution in [0.3, 0.4) is 0 Å². The summed E-state index contributed by atoms with van der Waals surface area (Å²) < 4.78 is 0. The predicted octanol–water partition coefficient (Wildman–Crippen LogP) is 4.04. The third kappa shape index (κ3) is 4.74. The van der Waals surface area contributed by atoms with Crippen LogP contribution < -0.4 is 0 Å². The molecule has 1 unspecified atom stereocenters. The van der Waals surface area contributed by atoms with Crippen LogP contribution in [0.15, 0.2) is 12.2 Å². The van der Waals surface area contributed by atoms with Crippen LogP contribution in [0.1, 0.15) is 52.9 Å². The minimum absolute atomic E-state index is 0.421.